The third kappa shape index (κ3) is 5.02. The molecule has 2 aromatic carbocycles. The molecule has 0 spiro atoms. The second kappa shape index (κ2) is 8.22. The van der Waals surface area contributed by atoms with Gasteiger partial charge < -0.3 is 5.73 Å². The smallest absolute Gasteiger partial charge is 0.201 e. The van der Waals surface area contributed by atoms with Crippen LogP contribution in [-0.4, -0.2) is 11.5 Å². The van der Waals surface area contributed by atoms with Gasteiger partial charge in [0.1, 0.15) is 6.07 Å². The lowest BCUT2D eigenvalue weighted by molar-refractivity contribution is 1.28. The van der Waals surface area contributed by atoms with Crippen molar-refractivity contribution in [1.29, 1.82) is 10.7 Å². The van der Waals surface area contributed by atoms with Gasteiger partial charge in [-0.1, -0.05) is 35.9 Å². The lowest BCUT2D eigenvalue weighted by Crippen LogP contribution is -2.21. The summed E-state index contributed by atoms with van der Waals surface area (Å²) in [5.74, 6) is 0.406. The van der Waals surface area contributed by atoms with E-state index in [1.165, 1.54) is 0 Å². The maximum Gasteiger partial charge on any atom is 0.201 e. The first kappa shape index (κ1) is 16.9. The monoisotopic (exact) mass is 343 g/mol. The highest BCUT2D eigenvalue weighted by molar-refractivity contribution is 7.98. The molecule has 2 rings (SSSR count). The number of anilines is 1. The Kier molecular flexibility index (Phi) is 6.03. The number of halogens is 1. The fraction of sp³-hybridized carbons (Fsp3) is 0.0625. The van der Waals surface area contributed by atoms with Gasteiger partial charge in [-0.2, -0.15) is 10.4 Å². The average Bonchev–Trinajstić information content (AvgIpc) is 2.55. The number of rotatable bonds is 6. The predicted octanol–water partition coefficient (Wildman–Crippen LogP) is 3.86. The van der Waals surface area contributed by atoms with Gasteiger partial charge in [0.15, 0.2) is 5.84 Å². The van der Waals surface area contributed by atoms with E-state index >= 15 is 0 Å². The standard InChI is InChI=1S/C16H14ClN5S/c17-12-7-5-11(6-8-12)10-23-15-4-2-1-3-13(15)21-22-14(9-18)16(19)20/h1-8,21H,10H2,(H3,19,20)/b22-14+. The van der Waals surface area contributed by atoms with Gasteiger partial charge in [0.05, 0.1) is 5.69 Å². The molecule has 0 aliphatic heterocycles. The second-order valence-corrected chi connectivity index (χ2v) is 5.96. The van der Waals surface area contributed by atoms with E-state index in [-0.39, 0.29) is 11.5 Å². The normalized spacial score (nSPS) is 10.9. The fourth-order valence-electron chi connectivity index (χ4n) is 1.69. The first-order valence-electron chi connectivity index (χ1n) is 6.64. The number of nitrogens with zero attached hydrogens (tertiary/aromatic N) is 2. The van der Waals surface area contributed by atoms with E-state index in [9.17, 15) is 0 Å². The largest absolute Gasteiger partial charge is 0.382 e. The molecule has 0 saturated heterocycles. The summed E-state index contributed by atoms with van der Waals surface area (Å²) in [5, 5.41) is 20.7. The number of nitriles is 1. The molecular formula is C16H14ClN5S. The fourth-order valence-corrected chi connectivity index (χ4v) is 2.77. The van der Waals surface area contributed by atoms with Crippen LogP contribution in [0.3, 0.4) is 0 Å². The summed E-state index contributed by atoms with van der Waals surface area (Å²) in [6.45, 7) is 0. The van der Waals surface area contributed by atoms with Crippen LogP contribution in [0.15, 0.2) is 58.5 Å². The SMILES string of the molecule is N#C/C(=N\Nc1ccccc1SCc1ccc(Cl)cc1)C(=N)N. The third-order valence-corrected chi connectivity index (χ3v) is 4.24. The number of nitrogens with one attached hydrogen (secondary N) is 2. The van der Waals surface area contributed by atoms with Crippen molar-refractivity contribution < 1.29 is 0 Å². The van der Waals surface area contributed by atoms with Crippen LogP contribution in [0, 0.1) is 16.7 Å². The minimum atomic E-state index is -0.369. The summed E-state index contributed by atoms with van der Waals surface area (Å²) in [6.07, 6.45) is 0. The number of hydrazone groups is 1. The van der Waals surface area contributed by atoms with E-state index in [1.54, 1.807) is 17.8 Å². The van der Waals surface area contributed by atoms with Crippen molar-refractivity contribution in [3.05, 3.63) is 59.1 Å². The Bertz CT molecular complexity index is 765. The highest BCUT2D eigenvalue weighted by Gasteiger charge is 2.05. The van der Waals surface area contributed by atoms with Crippen molar-refractivity contribution >= 4 is 40.6 Å². The van der Waals surface area contributed by atoms with E-state index in [4.69, 9.17) is 28.0 Å². The van der Waals surface area contributed by atoms with Crippen LogP contribution < -0.4 is 11.2 Å². The van der Waals surface area contributed by atoms with Crippen molar-refractivity contribution in [2.24, 2.45) is 10.8 Å². The average molecular weight is 344 g/mol. The molecule has 5 nitrogen and oxygen atoms in total. The van der Waals surface area contributed by atoms with Crippen molar-refractivity contribution in [3.63, 3.8) is 0 Å². The van der Waals surface area contributed by atoms with Gasteiger partial charge in [0.25, 0.3) is 0 Å². The number of benzene rings is 2. The molecule has 23 heavy (non-hydrogen) atoms. The van der Waals surface area contributed by atoms with Gasteiger partial charge in [-0.05, 0) is 29.8 Å². The molecule has 0 fully saturated rings. The van der Waals surface area contributed by atoms with Crippen LogP contribution in [0.4, 0.5) is 5.69 Å². The van der Waals surface area contributed by atoms with Crippen LogP contribution in [-0.2, 0) is 5.75 Å². The number of hydrogen-bond acceptors (Lipinski definition) is 5. The molecule has 0 bridgehead atoms. The molecule has 0 amide bonds. The van der Waals surface area contributed by atoms with Gasteiger partial charge in [-0.15, -0.1) is 11.8 Å². The highest BCUT2D eigenvalue weighted by Crippen LogP contribution is 2.30. The summed E-state index contributed by atoms with van der Waals surface area (Å²) >= 11 is 7.51. The second-order valence-electron chi connectivity index (χ2n) is 4.51. The molecule has 0 saturated carbocycles. The first-order chi connectivity index (χ1) is 11.1. The molecule has 0 aliphatic carbocycles. The number of thioether (sulfide) groups is 1. The number of para-hydroxylation sites is 1. The molecular weight excluding hydrogens is 330 g/mol. The van der Waals surface area contributed by atoms with Crippen LogP contribution in [0.5, 0.6) is 0 Å². The lowest BCUT2D eigenvalue weighted by Gasteiger charge is -2.09. The van der Waals surface area contributed by atoms with Gasteiger partial charge in [0.2, 0.25) is 5.71 Å². The molecule has 0 aliphatic rings. The topological polar surface area (TPSA) is 98.0 Å². The van der Waals surface area contributed by atoms with Crippen molar-refractivity contribution in [2.75, 3.05) is 5.43 Å². The predicted molar refractivity (Wildman–Crippen MR) is 96.0 cm³/mol. The number of hydrogen-bond donors (Lipinski definition) is 3. The first-order valence-corrected chi connectivity index (χ1v) is 8.01. The zero-order chi connectivity index (χ0) is 16.7. The number of amidine groups is 1. The van der Waals surface area contributed by atoms with E-state index in [1.807, 2.05) is 48.5 Å². The quantitative estimate of drug-likeness (QED) is 0.321. The Morgan fingerprint density at radius 3 is 2.61 bits per heavy atom. The number of nitrogens with two attached hydrogens (primary N) is 1. The van der Waals surface area contributed by atoms with E-state index in [0.29, 0.717) is 5.02 Å². The van der Waals surface area contributed by atoms with Crippen LogP contribution in [0.1, 0.15) is 5.56 Å². The zero-order valence-corrected chi connectivity index (χ0v) is 13.7. The van der Waals surface area contributed by atoms with E-state index < -0.39 is 0 Å². The summed E-state index contributed by atoms with van der Waals surface area (Å²) in [5.41, 5.74) is 9.82. The van der Waals surface area contributed by atoms with Crippen molar-refractivity contribution in [1.82, 2.24) is 0 Å². The summed E-state index contributed by atoms with van der Waals surface area (Å²) < 4.78 is 0. The molecule has 2 aromatic rings. The molecule has 4 N–H and O–H groups in total. The van der Waals surface area contributed by atoms with Gasteiger partial charge in [-0.25, -0.2) is 0 Å². The Morgan fingerprint density at radius 2 is 1.96 bits per heavy atom. The molecule has 0 aromatic heterocycles. The summed E-state index contributed by atoms with van der Waals surface area (Å²) in [4.78, 5) is 0.979. The lowest BCUT2D eigenvalue weighted by atomic mass is 10.2. The zero-order valence-electron chi connectivity index (χ0n) is 12.1. The van der Waals surface area contributed by atoms with Gasteiger partial charge in [0, 0.05) is 15.7 Å². The Morgan fingerprint density at radius 1 is 1.26 bits per heavy atom. The van der Waals surface area contributed by atoms with E-state index in [2.05, 4.69) is 10.5 Å². The maximum absolute atomic E-state index is 8.86. The molecule has 0 unspecified atom stereocenters. The minimum Gasteiger partial charge on any atom is -0.382 e. The molecule has 0 heterocycles. The Labute approximate surface area is 143 Å². The maximum atomic E-state index is 8.86. The van der Waals surface area contributed by atoms with Gasteiger partial charge in [-0.3, -0.25) is 10.8 Å². The third-order valence-electron chi connectivity index (χ3n) is 2.84. The molecule has 116 valence electrons. The van der Waals surface area contributed by atoms with Gasteiger partial charge >= 0.3 is 0 Å². The van der Waals surface area contributed by atoms with E-state index in [0.717, 1.165) is 21.9 Å². The van der Waals surface area contributed by atoms with Crippen LogP contribution >= 0.6 is 23.4 Å². The molecule has 0 radical (unpaired) electrons. The van der Waals surface area contributed by atoms with Crippen LogP contribution in [0.2, 0.25) is 5.02 Å². The summed E-state index contributed by atoms with van der Waals surface area (Å²) in [6, 6.07) is 17.0. The molecule has 0 atom stereocenters. The summed E-state index contributed by atoms with van der Waals surface area (Å²) in [7, 11) is 0. The van der Waals surface area contributed by atoms with Crippen LogP contribution in [0.25, 0.3) is 0 Å². The minimum absolute atomic E-state index is 0.150. The Balaban J connectivity index is 2.10. The molecule has 7 heteroatoms. The highest BCUT2D eigenvalue weighted by atomic mass is 35.5. The Hall–Kier alpha value is -2.49. The van der Waals surface area contributed by atoms with Crippen molar-refractivity contribution in [2.45, 2.75) is 10.6 Å². The van der Waals surface area contributed by atoms with Crippen molar-refractivity contribution in [3.8, 4) is 6.07 Å².